The third-order valence-electron chi connectivity index (χ3n) is 3.20. The number of nitrogens with one attached hydrogen (secondary N) is 1. The van der Waals surface area contributed by atoms with E-state index in [9.17, 15) is 10.1 Å². The third-order valence-corrected chi connectivity index (χ3v) is 3.82. The molecule has 0 aliphatic heterocycles. The molecule has 0 aliphatic carbocycles. The molecule has 0 bridgehead atoms. The van der Waals surface area contributed by atoms with Crippen molar-refractivity contribution in [1.29, 1.82) is 5.26 Å². The first kappa shape index (κ1) is 17.6. The average molecular weight is 387 g/mol. The molecule has 5 nitrogen and oxygen atoms in total. The fourth-order valence-corrected chi connectivity index (χ4v) is 2.54. The Balaban J connectivity index is 2.35. The molecule has 1 amide bonds. The molecule has 0 unspecified atom stereocenters. The number of hydrogen-bond donors (Lipinski definition) is 1. The van der Waals surface area contributed by atoms with Crippen molar-refractivity contribution in [3.63, 3.8) is 0 Å². The van der Waals surface area contributed by atoms with Crippen LogP contribution in [-0.2, 0) is 4.79 Å². The van der Waals surface area contributed by atoms with Crippen molar-refractivity contribution < 1.29 is 14.3 Å². The summed E-state index contributed by atoms with van der Waals surface area (Å²) in [6.07, 6.45) is 1.47. The number of nitriles is 1. The van der Waals surface area contributed by atoms with E-state index in [2.05, 4.69) is 21.2 Å². The van der Waals surface area contributed by atoms with Gasteiger partial charge in [0.15, 0.2) is 0 Å². The van der Waals surface area contributed by atoms with Gasteiger partial charge < -0.3 is 14.8 Å². The second-order valence-corrected chi connectivity index (χ2v) is 5.57. The summed E-state index contributed by atoms with van der Waals surface area (Å²) in [6.45, 7) is 0. The minimum absolute atomic E-state index is 0.0331. The molecule has 6 heteroatoms. The predicted molar refractivity (Wildman–Crippen MR) is 95.9 cm³/mol. The summed E-state index contributed by atoms with van der Waals surface area (Å²) in [5.74, 6) is 0.601. The number of halogens is 1. The number of carbonyl (C=O) groups excluding carboxylic acids is 1. The number of nitrogens with zero attached hydrogens (tertiary/aromatic N) is 1. The number of benzene rings is 2. The highest BCUT2D eigenvalue weighted by Gasteiger charge is 2.13. The van der Waals surface area contributed by atoms with Gasteiger partial charge in [-0.05, 0) is 40.2 Å². The third kappa shape index (κ3) is 4.15. The second-order valence-electron chi connectivity index (χ2n) is 4.72. The summed E-state index contributed by atoms with van der Waals surface area (Å²) >= 11 is 3.38. The number of anilines is 1. The maximum Gasteiger partial charge on any atom is 0.266 e. The van der Waals surface area contributed by atoms with Gasteiger partial charge in [0.25, 0.3) is 5.91 Å². The molecule has 2 rings (SSSR count). The van der Waals surface area contributed by atoms with Crippen LogP contribution in [0.3, 0.4) is 0 Å². The first-order valence-electron chi connectivity index (χ1n) is 6.98. The highest BCUT2D eigenvalue weighted by molar-refractivity contribution is 9.10. The summed E-state index contributed by atoms with van der Waals surface area (Å²) in [7, 11) is 3.05. The number of para-hydroxylation sites is 1. The number of rotatable bonds is 5. The minimum atomic E-state index is -0.488. The molecule has 122 valence electrons. The van der Waals surface area contributed by atoms with Gasteiger partial charge in [0, 0.05) is 17.3 Å². The Morgan fingerprint density at radius 3 is 2.42 bits per heavy atom. The van der Waals surface area contributed by atoms with E-state index in [1.165, 1.54) is 13.2 Å². The largest absolute Gasteiger partial charge is 0.496 e. The fourth-order valence-electron chi connectivity index (χ4n) is 2.02. The highest BCUT2D eigenvalue weighted by atomic mass is 79.9. The van der Waals surface area contributed by atoms with Crippen molar-refractivity contribution in [2.45, 2.75) is 0 Å². The van der Waals surface area contributed by atoms with Crippen LogP contribution in [0, 0.1) is 11.3 Å². The summed E-state index contributed by atoms with van der Waals surface area (Å²) in [6, 6.07) is 14.3. The lowest BCUT2D eigenvalue weighted by Crippen LogP contribution is -2.13. The molecule has 0 aliphatic rings. The van der Waals surface area contributed by atoms with Gasteiger partial charge in [-0.25, -0.2) is 0 Å². The number of carbonyl (C=O) groups is 1. The first-order chi connectivity index (χ1) is 11.6. The van der Waals surface area contributed by atoms with E-state index in [-0.39, 0.29) is 5.57 Å². The zero-order chi connectivity index (χ0) is 17.5. The number of amides is 1. The van der Waals surface area contributed by atoms with Gasteiger partial charge in [-0.2, -0.15) is 5.26 Å². The van der Waals surface area contributed by atoms with Crippen LogP contribution in [0.5, 0.6) is 11.5 Å². The van der Waals surface area contributed by atoms with Gasteiger partial charge in [-0.15, -0.1) is 0 Å². The Kier molecular flexibility index (Phi) is 5.99. The van der Waals surface area contributed by atoms with Crippen LogP contribution in [0.25, 0.3) is 6.08 Å². The summed E-state index contributed by atoms with van der Waals surface area (Å²) in [5.41, 5.74) is 1.17. The van der Waals surface area contributed by atoms with Gasteiger partial charge in [0.1, 0.15) is 23.1 Å². The standard InChI is InChI=1S/C18H15BrN2O3/c1-23-16-10-17(24-2)15(19)9-12(16)8-13(11-20)18(22)21-14-6-4-3-5-7-14/h3-10H,1-2H3,(H,21,22). The molecule has 2 aromatic rings. The van der Waals surface area contributed by atoms with Crippen LogP contribution in [-0.4, -0.2) is 20.1 Å². The van der Waals surface area contributed by atoms with Crippen LogP contribution in [0.1, 0.15) is 5.56 Å². The Labute approximate surface area is 148 Å². The molecular formula is C18H15BrN2O3. The molecule has 0 spiro atoms. The topological polar surface area (TPSA) is 71.3 Å². The maximum absolute atomic E-state index is 12.3. The first-order valence-corrected chi connectivity index (χ1v) is 7.78. The zero-order valence-corrected chi connectivity index (χ0v) is 14.8. The summed E-state index contributed by atoms with van der Waals surface area (Å²) < 4.78 is 11.2. The van der Waals surface area contributed by atoms with Gasteiger partial charge in [0.05, 0.1) is 18.7 Å². The number of hydrogen-bond acceptors (Lipinski definition) is 4. The molecular weight excluding hydrogens is 372 g/mol. The Hall–Kier alpha value is -2.78. The predicted octanol–water partition coefficient (Wildman–Crippen LogP) is 4.01. The maximum atomic E-state index is 12.3. The quantitative estimate of drug-likeness (QED) is 0.622. The van der Waals surface area contributed by atoms with E-state index < -0.39 is 5.91 Å². The van der Waals surface area contributed by atoms with Crippen molar-refractivity contribution in [3.05, 3.63) is 58.1 Å². The SMILES string of the molecule is COc1cc(OC)c(C=C(C#N)C(=O)Nc2ccccc2)cc1Br. The van der Waals surface area contributed by atoms with Crippen LogP contribution in [0.2, 0.25) is 0 Å². The molecule has 0 aromatic heterocycles. The van der Waals surface area contributed by atoms with E-state index in [1.54, 1.807) is 43.5 Å². The van der Waals surface area contributed by atoms with Crippen molar-refractivity contribution in [2.24, 2.45) is 0 Å². The van der Waals surface area contributed by atoms with E-state index >= 15 is 0 Å². The van der Waals surface area contributed by atoms with Crippen molar-refractivity contribution >= 4 is 33.6 Å². The van der Waals surface area contributed by atoms with Crippen molar-refractivity contribution in [1.82, 2.24) is 0 Å². The molecule has 1 N–H and O–H groups in total. The smallest absolute Gasteiger partial charge is 0.266 e. The van der Waals surface area contributed by atoms with Crippen LogP contribution in [0.15, 0.2) is 52.5 Å². The monoisotopic (exact) mass is 386 g/mol. The van der Waals surface area contributed by atoms with E-state index in [0.29, 0.717) is 27.2 Å². The van der Waals surface area contributed by atoms with Crippen molar-refractivity contribution in [2.75, 3.05) is 19.5 Å². The lowest BCUT2D eigenvalue weighted by molar-refractivity contribution is -0.112. The van der Waals surface area contributed by atoms with Gasteiger partial charge in [-0.3, -0.25) is 4.79 Å². The van der Waals surface area contributed by atoms with Crippen molar-refractivity contribution in [3.8, 4) is 17.6 Å². The Morgan fingerprint density at radius 2 is 1.83 bits per heavy atom. The molecule has 24 heavy (non-hydrogen) atoms. The lowest BCUT2D eigenvalue weighted by Gasteiger charge is -2.10. The molecule has 0 saturated heterocycles. The van der Waals surface area contributed by atoms with Gasteiger partial charge in [0.2, 0.25) is 0 Å². The van der Waals surface area contributed by atoms with E-state index in [0.717, 1.165) is 0 Å². The molecule has 0 fully saturated rings. The minimum Gasteiger partial charge on any atom is -0.496 e. The zero-order valence-electron chi connectivity index (χ0n) is 13.2. The van der Waals surface area contributed by atoms with Crippen LogP contribution < -0.4 is 14.8 Å². The lowest BCUT2D eigenvalue weighted by atomic mass is 10.1. The van der Waals surface area contributed by atoms with Crippen LogP contribution in [0.4, 0.5) is 5.69 Å². The number of ether oxygens (including phenoxy) is 2. The van der Waals surface area contributed by atoms with E-state index in [4.69, 9.17) is 9.47 Å². The fraction of sp³-hybridized carbons (Fsp3) is 0.111. The normalized spacial score (nSPS) is 10.7. The molecule has 0 heterocycles. The van der Waals surface area contributed by atoms with Crippen LogP contribution >= 0.6 is 15.9 Å². The molecule has 0 saturated carbocycles. The summed E-state index contributed by atoms with van der Waals surface area (Å²) in [4.78, 5) is 12.3. The van der Waals surface area contributed by atoms with Gasteiger partial charge in [-0.1, -0.05) is 18.2 Å². The van der Waals surface area contributed by atoms with Gasteiger partial charge >= 0.3 is 0 Å². The second kappa shape index (κ2) is 8.18. The Morgan fingerprint density at radius 1 is 1.17 bits per heavy atom. The molecule has 2 aromatic carbocycles. The Bertz CT molecular complexity index is 811. The average Bonchev–Trinajstić information content (AvgIpc) is 2.60. The number of methoxy groups -OCH3 is 2. The molecule has 0 atom stereocenters. The molecule has 0 radical (unpaired) electrons. The summed E-state index contributed by atoms with van der Waals surface area (Å²) in [5, 5.41) is 12.0. The highest BCUT2D eigenvalue weighted by Crippen LogP contribution is 2.34. The van der Waals surface area contributed by atoms with E-state index in [1.807, 2.05) is 12.1 Å².